The maximum atomic E-state index is 5.85. The Hall–Kier alpha value is -0.900. The largest absolute Gasteiger partial charge is 0.330 e. The molecule has 0 amide bonds. The Morgan fingerprint density at radius 1 is 1.31 bits per heavy atom. The van der Waals surface area contributed by atoms with Crippen LogP contribution in [0.3, 0.4) is 0 Å². The molecule has 84 valence electrons. The van der Waals surface area contributed by atoms with Gasteiger partial charge in [0.1, 0.15) is 0 Å². The minimum Gasteiger partial charge on any atom is -0.330 e. The van der Waals surface area contributed by atoms with Crippen molar-refractivity contribution in [1.29, 1.82) is 0 Å². The van der Waals surface area contributed by atoms with Crippen LogP contribution in [0.15, 0.2) is 35.8 Å². The molecular weight excluding hydrogens is 240 g/mol. The van der Waals surface area contributed by atoms with Gasteiger partial charge in [0.15, 0.2) is 0 Å². The van der Waals surface area contributed by atoms with Crippen LogP contribution in [-0.2, 0) is 6.42 Å². The molecule has 2 rings (SSSR count). The van der Waals surface area contributed by atoms with Crippen molar-refractivity contribution in [1.82, 2.24) is 4.98 Å². The van der Waals surface area contributed by atoms with Gasteiger partial charge in [0.25, 0.3) is 0 Å². The Morgan fingerprint density at radius 3 is 2.62 bits per heavy atom. The van der Waals surface area contributed by atoms with Gasteiger partial charge in [-0.15, -0.1) is 11.3 Å². The van der Waals surface area contributed by atoms with E-state index in [1.807, 2.05) is 35.8 Å². The maximum Gasteiger partial charge on any atom is 0.0971 e. The summed E-state index contributed by atoms with van der Waals surface area (Å²) in [5.41, 5.74) is 7.03. The average molecular weight is 253 g/mol. The Labute approximate surface area is 104 Å². The van der Waals surface area contributed by atoms with Gasteiger partial charge in [0, 0.05) is 29.1 Å². The normalized spacial score (nSPS) is 12.6. The Morgan fingerprint density at radius 2 is 2.06 bits per heavy atom. The predicted octanol–water partition coefficient (Wildman–Crippen LogP) is 3.08. The number of aromatic nitrogens is 1. The molecule has 1 unspecified atom stereocenters. The van der Waals surface area contributed by atoms with Gasteiger partial charge in [-0.1, -0.05) is 23.7 Å². The number of halogens is 1. The number of hydrogen-bond acceptors (Lipinski definition) is 3. The smallest absolute Gasteiger partial charge is 0.0971 e. The number of nitrogens with two attached hydrogens (primary N) is 1. The molecule has 1 atom stereocenters. The quantitative estimate of drug-likeness (QED) is 0.908. The number of rotatable bonds is 4. The lowest BCUT2D eigenvalue weighted by Crippen LogP contribution is -2.14. The Balaban J connectivity index is 2.10. The third-order valence-electron chi connectivity index (χ3n) is 2.48. The lowest BCUT2D eigenvalue weighted by molar-refractivity contribution is 0.689. The molecule has 1 aromatic heterocycles. The molecule has 0 aliphatic heterocycles. The molecule has 0 radical (unpaired) electrons. The maximum absolute atomic E-state index is 5.85. The van der Waals surface area contributed by atoms with E-state index < -0.39 is 0 Å². The third-order valence-corrected chi connectivity index (χ3v) is 3.67. The summed E-state index contributed by atoms with van der Waals surface area (Å²) in [6.07, 6.45) is 2.74. The zero-order chi connectivity index (χ0) is 11.4. The van der Waals surface area contributed by atoms with Crippen LogP contribution in [-0.4, -0.2) is 11.5 Å². The molecule has 0 bridgehead atoms. The molecule has 2 N–H and O–H groups in total. The first-order chi connectivity index (χ1) is 7.79. The minimum atomic E-state index is 0.307. The Bertz CT molecular complexity index is 425. The zero-order valence-electron chi connectivity index (χ0n) is 8.77. The first kappa shape index (κ1) is 11.6. The molecular formula is C12H13ClN2S. The van der Waals surface area contributed by atoms with Crippen LogP contribution in [0.4, 0.5) is 0 Å². The first-order valence-electron chi connectivity index (χ1n) is 5.13. The van der Waals surface area contributed by atoms with Crippen LogP contribution >= 0.6 is 22.9 Å². The molecule has 0 saturated heterocycles. The topological polar surface area (TPSA) is 38.9 Å². The highest BCUT2D eigenvalue weighted by atomic mass is 35.5. The molecule has 0 aliphatic rings. The van der Waals surface area contributed by atoms with Crippen LogP contribution in [0.2, 0.25) is 5.02 Å². The molecule has 4 heteroatoms. The van der Waals surface area contributed by atoms with Gasteiger partial charge in [-0.05, 0) is 24.1 Å². The zero-order valence-corrected chi connectivity index (χ0v) is 10.3. The summed E-state index contributed by atoms with van der Waals surface area (Å²) in [6.45, 7) is 0.621. The predicted molar refractivity (Wildman–Crippen MR) is 69.1 cm³/mol. The fourth-order valence-corrected chi connectivity index (χ4v) is 2.49. The van der Waals surface area contributed by atoms with E-state index in [2.05, 4.69) is 4.98 Å². The molecule has 1 aromatic carbocycles. The summed E-state index contributed by atoms with van der Waals surface area (Å²) in [5.74, 6) is 0.307. The summed E-state index contributed by atoms with van der Waals surface area (Å²) in [6, 6.07) is 7.90. The van der Waals surface area contributed by atoms with Gasteiger partial charge in [-0.3, -0.25) is 0 Å². The van der Waals surface area contributed by atoms with Crippen LogP contribution in [0.5, 0.6) is 0 Å². The number of thiazole rings is 1. The molecule has 16 heavy (non-hydrogen) atoms. The van der Waals surface area contributed by atoms with E-state index in [0.29, 0.717) is 12.5 Å². The van der Waals surface area contributed by atoms with Gasteiger partial charge in [0.2, 0.25) is 0 Å². The minimum absolute atomic E-state index is 0.307. The second-order valence-corrected chi connectivity index (χ2v) is 5.00. The van der Waals surface area contributed by atoms with Crippen molar-refractivity contribution in [3.05, 3.63) is 51.4 Å². The van der Waals surface area contributed by atoms with Crippen LogP contribution < -0.4 is 5.73 Å². The summed E-state index contributed by atoms with van der Waals surface area (Å²) < 4.78 is 0. The Kier molecular flexibility index (Phi) is 3.93. The van der Waals surface area contributed by atoms with E-state index in [1.165, 1.54) is 5.56 Å². The monoisotopic (exact) mass is 252 g/mol. The molecule has 1 heterocycles. The van der Waals surface area contributed by atoms with E-state index in [-0.39, 0.29) is 0 Å². The second kappa shape index (κ2) is 5.43. The van der Waals surface area contributed by atoms with Gasteiger partial charge < -0.3 is 5.73 Å². The number of benzene rings is 1. The van der Waals surface area contributed by atoms with Gasteiger partial charge >= 0.3 is 0 Å². The van der Waals surface area contributed by atoms with E-state index >= 15 is 0 Å². The third kappa shape index (κ3) is 2.82. The number of hydrogen-bond donors (Lipinski definition) is 1. The molecule has 0 spiro atoms. The van der Waals surface area contributed by atoms with E-state index in [1.54, 1.807) is 11.3 Å². The highest BCUT2D eigenvalue weighted by molar-refractivity contribution is 7.09. The van der Waals surface area contributed by atoms with Crippen molar-refractivity contribution < 1.29 is 0 Å². The van der Waals surface area contributed by atoms with Crippen molar-refractivity contribution in [2.24, 2.45) is 5.73 Å². The van der Waals surface area contributed by atoms with Crippen molar-refractivity contribution in [3.63, 3.8) is 0 Å². The van der Waals surface area contributed by atoms with Gasteiger partial charge in [0.05, 0.1) is 5.01 Å². The lowest BCUT2D eigenvalue weighted by Gasteiger charge is -2.11. The lowest BCUT2D eigenvalue weighted by atomic mass is 10.0. The molecule has 0 aliphatic carbocycles. The molecule has 0 saturated carbocycles. The SMILES string of the molecule is NCC(Cc1ccc(Cl)cc1)c1nccs1. The van der Waals surface area contributed by atoms with Gasteiger partial charge in [-0.2, -0.15) is 0 Å². The molecule has 2 nitrogen and oxygen atoms in total. The van der Waals surface area contributed by atoms with E-state index in [0.717, 1.165) is 16.5 Å². The summed E-state index contributed by atoms with van der Waals surface area (Å²) in [4.78, 5) is 4.31. The highest BCUT2D eigenvalue weighted by Gasteiger charge is 2.12. The average Bonchev–Trinajstić information content (AvgIpc) is 2.82. The standard InChI is InChI=1S/C12H13ClN2S/c13-11-3-1-9(2-4-11)7-10(8-14)12-15-5-6-16-12/h1-6,10H,7-8,14H2. The van der Waals surface area contributed by atoms with Crippen LogP contribution in [0.1, 0.15) is 16.5 Å². The highest BCUT2D eigenvalue weighted by Crippen LogP contribution is 2.22. The fraction of sp³-hybridized carbons (Fsp3) is 0.250. The van der Waals surface area contributed by atoms with Crippen molar-refractivity contribution in [2.75, 3.05) is 6.54 Å². The van der Waals surface area contributed by atoms with E-state index in [9.17, 15) is 0 Å². The van der Waals surface area contributed by atoms with Gasteiger partial charge in [-0.25, -0.2) is 4.98 Å². The van der Waals surface area contributed by atoms with E-state index in [4.69, 9.17) is 17.3 Å². The van der Waals surface area contributed by atoms with Crippen molar-refractivity contribution >= 4 is 22.9 Å². The summed E-state index contributed by atoms with van der Waals surface area (Å²) in [7, 11) is 0. The van der Waals surface area contributed by atoms with Crippen molar-refractivity contribution in [2.45, 2.75) is 12.3 Å². The van der Waals surface area contributed by atoms with Crippen molar-refractivity contribution in [3.8, 4) is 0 Å². The van der Waals surface area contributed by atoms with Crippen LogP contribution in [0.25, 0.3) is 0 Å². The summed E-state index contributed by atoms with van der Waals surface area (Å²) in [5, 5.41) is 3.86. The molecule has 0 fully saturated rings. The fourth-order valence-electron chi connectivity index (χ4n) is 1.61. The number of nitrogens with zero attached hydrogens (tertiary/aromatic N) is 1. The second-order valence-electron chi connectivity index (χ2n) is 3.63. The summed E-state index contributed by atoms with van der Waals surface area (Å²) >= 11 is 7.51. The molecule has 2 aromatic rings. The first-order valence-corrected chi connectivity index (χ1v) is 6.39. The van der Waals surface area contributed by atoms with Crippen LogP contribution in [0, 0.1) is 0 Å².